The van der Waals surface area contributed by atoms with Gasteiger partial charge in [0.1, 0.15) is 5.01 Å². The van der Waals surface area contributed by atoms with E-state index in [0.717, 1.165) is 18.0 Å². The maximum Gasteiger partial charge on any atom is 0.254 e. The van der Waals surface area contributed by atoms with Gasteiger partial charge in [0.2, 0.25) is 5.95 Å². The lowest BCUT2D eigenvalue weighted by molar-refractivity contribution is 0.0945. The van der Waals surface area contributed by atoms with Crippen LogP contribution >= 0.6 is 11.3 Å². The van der Waals surface area contributed by atoms with Crippen molar-refractivity contribution in [2.75, 3.05) is 0 Å². The van der Waals surface area contributed by atoms with Gasteiger partial charge >= 0.3 is 0 Å². The van der Waals surface area contributed by atoms with Gasteiger partial charge in [-0.05, 0) is 13.0 Å². The fourth-order valence-electron chi connectivity index (χ4n) is 1.33. The third-order valence-electron chi connectivity index (χ3n) is 2.16. The molecule has 0 aliphatic carbocycles. The quantitative estimate of drug-likeness (QED) is 0.868. The first-order valence-corrected chi connectivity index (χ1v) is 5.95. The maximum atomic E-state index is 13.3. The molecule has 1 amide bonds. The molecule has 0 saturated carbocycles. The van der Waals surface area contributed by atoms with Crippen LogP contribution in [0.25, 0.3) is 0 Å². The molecule has 4 nitrogen and oxygen atoms in total. The SMILES string of the molecule is Cc1csc(CNC(=O)c2ccnc(F)c2F)n1. The number of pyridine rings is 1. The number of nitrogens with one attached hydrogen (secondary N) is 1. The number of halogens is 2. The molecule has 0 atom stereocenters. The van der Waals surface area contributed by atoms with Crippen molar-refractivity contribution in [1.82, 2.24) is 15.3 Å². The van der Waals surface area contributed by atoms with Crippen molar-refractivity contribution in [2.24, 2.45) is 0 Å². The first-order chi connectivity index (χ1) is 8.58. The van der Waals surface area contributed by atoms with E-state index >= 15 is 0 Å². The first-order valence-electron chi connectivity index (χ1n) is 5.07. The number of carbonyl (C=O) groups excluding carboxylic acids is 1. The van der Waals surface area contributed by atoms with Crippen LogP contribution < -0.4 is 5.32 Å². The van der Waals surface area contributed by atoms with Gasteiger partial charge in [0.05, 0.1) is 12.1 Å². The molecule has 2 rings (SSSR count). The van der Waals surface area contributed by atoms with Crippen LogP contribution in [-0.2, 0) is 6.54 Å². The van der Waals surface area contributed by atoms with Crippen molar-refractivity contribution in [3.05, 3.63) is 45.7 Å². The Morgan fingerprint density at radius 3 is 2.94 bits per heavy atom. The minimum atomic E-state index is -1.28. The number of thiazole rings is 1. The van der Waals surface area contributed by atoms with E-state index in [9.17, 15) is 13.6 Å². The van der Waals surface area contributed by atoms with E-state index in [1.165, 1.54) is 11.3 Å². The molecule has 0 aliphatic heterocycles. The molecule has 1 N–H and O–H groups in total. The predicted molar refractivity (Wildman–Crippen MR) is 62.2 cm³/mol. The number of hydrogen-bond acceptors (Lipinski definition) is 4. The van der Waals surface area contributed by atoms with Crippen molar-refractivity contribution < 1.29 is 13.6 Å². The highest BCUT2D eigenvalue weighted by atomic mass is 32.1. The summed E-state index contributed by atoms with van der Waals surface area (Å²) in [7, 11) is 0. The van der Waals surface area contributed by atoms with Gasteiger partial charge < -0.3 is 5.32 Å². The van der Waals surface area contributed by atoms with E-state index in [1.807, 2.05) is 12.3 Å². The van der Waals surface area contributed by atoms with E-state index in [2.05, 4.69) is 15.3 Å². The maximum absolute atomic E-state index is 13.3. The molecule has 7 heteroatoms. The van der Waals surface area contributed by atoms with Crippen molar-refractivity contribution in [1.29, 1.82) is 0 Å². The fraction of sp³-hybridized carbons (Fsp3) is 0.182. The Balaban J connectivity index is 2.06. The van der Waals surface area contributed by atoms with Crippen LogP contribution in [0.1, 0.15) is 21.1 Å². The van der Waals surface area contributed by atoms with Crippen LogP contribution in [0, 0.1) is 18.7 Å². The fourth-order valence-corrected chi connectivity index (χ4v) is 2.04. The average Bonchev–Trinajstić information content (AvgIpc) is 2.76. The molecule has 0 fully saturated rings. The van der Waals surface area contributed by atoms with E-state index < -0.39 is 17.7 Å². The van der Waals surface area contributed by atoms with Crippen molar-refractivity contribution >= 4 is 17.2 Å². The number of hydrogen-bond donors (Lipinski definition) is 1. The lowest BCUT2D eigenvalue weighted by Gasteiger charge is -2.04. The molecule has 94 valence electrons. The highest BCUT2D eigenvalue weighted by molar-refractivity contribution is 7.09. The largest absolute Gasteiger partial charge is 0.345 e. The van der Waals surface area contributed by atoms with Gasteiger partial charge in [-0.25, -0.2) is 14.4 Å². The summed E-state index contributed by atoms with van der Waals surface area (Å²) in [6.45, 7) is 2.01. The Bertz CT molecular complexity index is 585. The minimum Gasteiger partial charge on any atom is -0.345 e. The third-order valence-corrected chi connectivity index (χ3v) is 3.12. The summed E-state index contributed by atoms with van der Waals surface area (Å²) in [4.78, 5) is 18.9. The zero-order valence-electron chi connectivity index (χ0n) is 9.41. The van der Waals surface area contributed by atoms with Gasteiger partial charge in [-0.2, -0.15) is 4.39 Å². The van der Waals surface area contributed by atoms with Gasteiger partial charge in [0, 0.05) is 17.3 Å². The number of aryl methyl sites for hydroxylation is 1. The molecule has 2 aromatic heterocycles. The number of carbonyl (C=O) groups is 1. The van der Waals surface area contributed by atoms with E-state index in [0.29, 0.717) is 5.01 Å². The Hall–Kier alpha value is -1.89. The summed E-state index contributed by atoms with van der Waals surface area (Å²) in [5, 5.41) is 5.02. The topological polar surface area (TPSA) is 54.9 Å². The van der Waals surface area contributed by atoms with Crippen LogP contribution in [0.3, 0.4) is 0 Å². The third kappa shape index (κ3) is 2.67. The summed E-state index contributed by atoms with van der Waals surface area (Å²) >= 11 is 1.39. The van der Waals surface area contributed by atoms with Crippen LogP contribution in [0.2, 0.25) is 0 Å². The predicted octanol–water partition coefficient (Wildman–Crippen LogP) is 2.05. The molecule has 0 aliphatic rings. The first kappa shape index (κ1) is 12.6. The zero-order chi connectivity index (χ0) is 13.1. The van der Waals surface area contributed by atoms with Gasteiger partial charge in [-0.3, -0.25) is 4.79 Å². The average molecular weight is 269 g/mol. The molecule has 2 heterocycles. The van der Waals surface area contributed by atoms with Crippen LogP contribution in [0.4, 0.5) is 8.78 Å². The van der Waals surface area contributed by atoms with E-state index in [4.69, 9.17) is 0 Å². The van der Waals surface area contributed by atoms with Gasteiger partial charge in [-0.15, -0.1) is 11.3 Å². The molecule has 0 radical (unpaired) electrons. The molecule has 0 saturated heterocycles. The Labute approximate surface area is 106 Å². The number of nitrogens with zero attached hydrogens (tertiary/aromatic N) is 2. The molecular formula is C11H9F2N3OS. The number of rotatable bonds is 3. The van der Waals surface area contributed by atoms with Crippen LogP contribution in [0.15, 0.2) is 17.6 Å². The molecule has 0 unspecified atom stereocenters. The monoisotopic (exact) mass is 269 g/mol. The lowest BCUT2D eigenvalue weighted by atomic mass is 10.2. The van der Waals surface area contributed by atoms with Gasteiger partial charge in [-0.1, -0.05) is 0 Å². The van der Waals surface area contributed by atoms with Crippen molar-refractivity contribution in [2.45, 2.75) is 13.5 Å². The van der Waals surface area contributed by atoms with Gasteiger partial charge in [0.15, 0.2) is 5.82 Å². The van der Waals surface area contributed by atoms with Crippen molar-refractivity contribution in [3.8, 4) is 0 Å². The minimum absolute atomic E-state index is 0.181. The standard InChI is InChI=1S/C11H9F2N3OS/c1-6-5-18-8(16-6)4-15-11(17)7-2-3-14-10(13)9(7)12/h2-3,5H,4H2,1H3,(H,15,17). The molecule has 0 aromatic carbocycles. The highest BCUT2D eigenvalue weighted by Gasteiger charge is 2.15. The number of aromatic nitrogens is 2. The molecular weight excluding hydrogens is 260 g/mol. The normalized spacial score (nSPS) is 10.4. The molecule has 0 spiro atoms. The lowest BCUT2D eigenvalue weighted by Crippen LogP contribution is -2.24. The Morgan fingerprint density at radius 1 is 1.50 bits per heavy atom. The van der Waals surface area contributed by atoms with Crippen LogP contribution in [0.5, 0.6) is 0 Å². The van der Waals surface area contributed by atoms with Gasteiger partial charge in [0.25, 0.3) is 5.91 Å². The second-order valence-electron chi connectivity index (χ2n) is 3.53. The Kier molecular flexibility index (Phi) is 3.61. The van der Waals surface area contributed by atoms with E-state index in [-0.39, 0.29) is 12.1 Å². The summed E-state index contributed by atoms with van der Waals surface area (Å²) in [5.41, 5.74) is 0.487. The molecule has 0 bridgehead atoms. The Morgan fingerprint density at radius 2 is 2.28 bits per heavy atom. The summed E-state index contributed by atoms with van der Waals surface area (Å²) in [6.07, 6.45) is 1.04. The molecule has 18 heavy (non-hydrogen) atoms. The zero-order valence-corrected chi connectivity index (χ0v) is 10.2. The second kappa shape index (κ2) is 5.18. The van der Waals surface area contributed by atoms with Crippen molar-refractivity contribution in [3.63, 3.8) is 0 Å². The second-order valence-corrected chi connectivity index (χ2v) is 4.47. The van der Waals surface area contributed by atoms with E-state index in [1.54, 1.807) is 0 Å². The highest BCUT2D eigenvalue weighted by Crippen LogP contribution is 2.11. The summed E-state index contributed by atoms with van der Waals surface area (Å²) in [6, 6.07) is 1.13. The smallest absolute Gasteiger partial charge is 0.254 e. The van der Waals surface area contributed by atoms with Crippen LogP contribution in [-0.4, -0.2) is 15.9 Å². The number of amides is 1. The summed E-state index contributed by atoms with van der Waals surface area (Å²) < 4.78 is 26.1. The summed E-state index contributed by atoms with van der Waals surface area (Å²) in [5.74, 6) is -3.22. The molecule has 2 aromatic rings.